The monoisotopic (exact) mass is 224 g/mol. The topological polar surface area (TPSA) is 17.1 Å². The summed E-state index contributed by atoms with van der Waals surface area (Å²) in [6.45, 7) is 2.01. The van der Waals surface area contributed by atoms with E-state index in [-0.39, 0.29) is 0 Å². The first-order valence-electron chi connectivity index (χ1n) is 5.88. The zero-order valence-electron chi connectivity index (χ0n) is 10.0. The molecule has 0 radical (unpaired) electrons. The second-order valence-corrected chi connectivity index (χ2v) is 4.31. The number of hydrogen-bond donors (Lipinski definition) is 0. The van der Waals surface area contributed by atoms with Crippen LogP contribution < -0.4 is 0 Å². The van der Waals surface area contributed by atoms with Crippen molar-refractivity contribution in [1.29, 1.82) is 0 Å². The molecule has 0 fully saturated rings. The van der Waals surface area contributed by atoms with Crippen molar-refractivity contribution < 1.29 is 4.79 Å². The van der Waals surface area contributed by atoms with Crippen LogP contribution in [0, 0.1) is 6.92 Å². The maximum atomic E-state index is 11.0. The summed E-state index contributed by atoms with van der Waals surface area (Å²) in [5.41, 5.74) is 4.40. The van der Waals surface area contributed by atoms with Crippen molar-refractivity contribution in [2.24, 2.45) is 0 Å². The maximum Gasteiger partial charge on any atom is 0.150 e. The Morgan fingerprint density at radius 1 is 1.00 bits per heavy atom. The molecule has 2 aromatic carbocycles. The van der Waals surface area contributed by atoms with Gasteiger partial charge in [0, 0.05) is 5.56 Å². The van der Waals surface area contributed by atoms with Crippen molar-refractivity contribution in [2.45, 2.75) is 19.8 Å². The van der Waals surface area contributed by atoms with Gasteiger partial charge in [0.2, 0.25) is 0 Å². The van der Waals surface area contributed by atoms with E-state index in [4.69, 9.17) is 0 Å². The molecule has 2 rings (SSSR count). The number of rotatable bonds is 4. The molecule has 17 heavy (non-hydrogen) atoms. The molecule has 0 aromatic heterocycles. The Kier molecular flexibility index (Phi) is 3.71. The van der Waals surface area contributed by atoms with E-state index in [1.54, 1.807) is 0 Å². The summed E-state index contributed by atoms with van der Waals surface area (Å²) in [6.07, 6.45) is 2.84. The minimum Gasteiger partial charge on any atom is -0.298 e. The number of carbonyl (C=O) groups excluding carboxylic acids is 1. The molecule has 1 heteroatoms. The Labute approximate surface area is 102 Å². The summed E-state index contributed by atoms with van der Waals surface area (Å²) in [5.74, 6) is 0. The molecule has 86 valence electrons. The number of benzene rings is 2. The highest BCUT2D eigenvalue weighted by molar-refractivity contribution is 5.77. The predicted octanol–water partition coefficient (Wildman–Crippen LogP) is 3.59. The minimum atomic E-state index is 0.820. The normalized spacial score (nSPS) is 10.2. The summed E-state index contributed by atoms with van der Waals surface area (Å²) in [4.78, 5) is 11.0. The quantitative estimate of drug-likeness (QED) is 0.725. The third-order valence-corrected chi connectivity index (χ3v) is 2.95. The molecule has 0 N–H and O–H groups in total. The summed E-state index contributed by atoms with van der Waals surface area (Å²) in [6, 6.07) is 16.4. The largest absolute Gasteiger partial charge is 0.298 e. The molecule has 1 nitrogen and oxygen atoms in total. The zero-order valence-corrected chi connectivity index (χ0v) is 10.0. The molecule has 0 aliphatic heterocycles. The smallest absolute Gasteiger partial charge is 0.150 e. The number of aryl methyl sites for hydroxylation is 3. The van der Waals surface area contributed by atoms with Crippen LogP contribution in [0.3, 0.4) is 0 Å². The number of carbonyl (C=O) groups is 1. The van der Waals surface area contributed by atoms with Gasteiger partial charge in [-0.2, -0.15) is 0 Å². The van der Waals surface area contributed by atoms with Gasteiger partial charge < -0.3 is 0 Å². The first-order valence-corrected chi connectivity index (χ1v) is 5.88. The Bertz CT molecular complexity index is 500. The van der Waals surface area contributed by atoms with Crippen molar-refractivity contribution in [1.82, 2.24) is 0 Å². The standard InChI is InChI=1S/C16H16O/c1-13-7-9-15(16(11-13)12-17)10-8-14-5-3-2-4-6-14/h2-7,9,11-12H,8,10H2,1H3. The Hall–Kier alpha value is -1.89. The van der Waals surface area contributed by atoms with Crippen LogP contribution in [-0.4, -0.2) is 6.29 Å². The van der Waals surface area contributed by atoms with Gasteiger partial charge >= 0.3 is 0 Å². The lowest BCUT2D eigenvalue weighted by atomic mass is 9.99. The van der Waals surface area contributed by atoms with Gasteiger partial charge in [-0.25, -0.2) is 0 Å². The molecule has 0 spiro atoms. The fraction of sp³-hybridized carbons (Fsp3) is 0.188. The predicted molar refractivity (Wildman–Crippen MR) is 70.4 cm³/mol. The third kappa shape index (κ3) is 3.04. The van der Waals surface area contributed by atoms with Gasteiger partial charge in [-0.3, -0.25) is 4.79 Å². The second kappa shape index (κ2) is 5.44. The highest BCUT2D eigenvalue weighted by atomic mass is 16.1. The van der Waals surface area contributed by atoms with E-state index in [9.17, 15) is 4.79 Å². The fourth-order valence-electron chi connectivity index (χ4n) is 1.98. The molecule has 0 amide bonds. The van der Waals surface area contributed by atoms with E-state index in [1.807, 2.05) is 31.2 Å². The molecule has 0 unspecified atom stereocenters. The first kappa shape index (κ1) is 11.6. The average molecular weight is 224 g/mol. The summed E-state index contributed by atoms with van der Waals surface area (Å²) in [5, 5.41) is 0. The first-order chi connectivity index (χ1) is 8.29. The molecule has 0 heterocycles. The molecular weight excluding hydrogens is 208 g/mol. The van der Waals surface area contributed by atoms with Crippen molar-refractivity contribution in [3.05, 3.63) is 70.8 Å². The van der Waals surface area contributed by atoms with Gasteiger partial charge in [0.1, 0.15) is 6.29 Å². The average Bonchev–Trinajstić information content (AvgIpc) is 2.38. The van der Waals surface area contributed by atoms with Gasteiger partial charge in [0.25, 0.3) is 0 Å². The van der Waals surface area contributed by atoms with Crippen molar-refractivity contribution in [3.63, 3.8) is 0 Å². The van der Waals surface area contributed by atoms with Crippen LogP contribution >= 0.6 is 0 Å². The van der Waals surface area contributed by atoms with Crippen molar-refractivity contribution in [3.8, 4) is 0 Å². The van der Waals surface area contributed by atoms with Gasteiger partial charge in [-0.1, -0.05) is 48.0 Å². The SMILES string of the molecule is Cc1ccc(CCc2ccccc2)c(C=O)c1. The van der Waals surface area contributed by atoms with E-state index in [1.165, 1.54) is 5.56 Å². The molecule has 0 bridgehead atoms. The lowest BCUT2D eigenvalue weighted by Crippen LogP contribution is -1.96. The number of hydrogen-bond acceptors (Lipinski definition) is 1. The Morgan fingerprint density at radius 3 is 2.47 bits per heavy atom. The second-order valence-electron chi connectivity index (χ2n) is 4.31. The van der Waals surface area contributed by atoms with Gasteiger partial charge in [0.15, 0.2) is 0 Å². The van der Waals surface area contributed by atoms with Crippen LogP contribution in [0.2, 0.25) is 0 Å². The molecule has 0 aliphatic rings. The molecule has 0 saturated heterocycles. The highest BCUT2D eigenvalue weighted by Gasteiger charge is 2.02. The van der Waals surface area contributed by atoms with Crippen molar-refractivity contribution >= 4 is 6.29 Å². The van der Waals surface area contributed by atoms with Gasteiger partial charge in [-0.15, -0.1) is 0 Å². The molecule has 0 saturated carbocycles. The van der Waals surface area contributed by atoms with Crippen LogP contribution in [0.25, 0.3) is 0 Å². The Balaban J connectivity index is 2.11. The van der Waals surface area contributed by atoms with Gasteiger partial charge in [0.05, 0.1) is 0 Å². The van der Waals surface area contributed by atoms with Crippen LogP contribution in [0.4, 0.5) is 0 Å². The summed E-state index contributed by atoms with van der Waals surface area (Å²) >= 11 is 0. The van der Waals surface area contributed by atoms with Crippen LogP contribution in [0.15, 0.2) is 48.5 Å². The van der Waals surface area contributed by atoms with Crippen LogP contribution in [0.5, 0.6) is 0 Å². The Morgan fingerprint density at radius 2 is 1.76 bits per heavy atom. The van der Waals surface area contributed by atoms with Crippen molar-refractivity contribution in [2.75, 3.05) is 0 Å². The molecule has 2 aromatic rings. The molecule has 0 atom stereocenters. The highest BCUT2D eigenvalue weighted by Crippen LogP contribution is 2.13. The van der Waals surface area contributed by atoms with Crippen LogP contribution in [-0.2, 0) is 12.8 Å². The zero-order chi connectivity index (χ0) is 12.1. The number of aldehydes is 1. The minimum absolute atomic E-state index is 0.820. The van der Waals surface area contributed by atoms with E-state index >= 15 is 0 Å². The summed E-state index contributed by atoms with van der Waals surface area (Å²) < 4.78 is 0. The lowest BCUT2D eigenvalue weighted by molar-refractivity contribution is 0.112. The van der Waals surface area contributed by atoms with E-state index in [2.05, 4.69) is 24.3 Å². The van der Waals surface area contributed by atoms with Crippen LogP contribution in [0.1, 0.15) is 27.0 Å². The maximum absolute atomic E-state index is 11.0. The fourth-order valence-corrected chi connectivity index (χ4v) is 1.98. The lowest BCUT2D eigenvalue weighted by Gasteiger charge is -2.06. The van der Waals surface area contributed by atoms with Gasteiger partial charge in [-0.05, 0) is 37.0 Å². The van der Waals surface area contributed by atoms with E-state index in [0.29, 0.717) is 0 Å². The molecule has 0 aliphatic carbocycles. The third-order valence-electron chi connectivity index (χ3n) is 2.95. The van der Waals surface area contributed by atoms with E-state index in [0.717, 1.165) is 35.8 Å². The summed E-state index contributed by atoms with van der Waals surface area (Å²) in [7, 11) is 0. The van der Waals surface area contributed by atoms with E-state index < -0.39 is 0 Å². The molecular formula is C16H16O.